The highest BCUT2D eigenvalue weighted by molar-refractivity contribution is 5.86. The first-order valence-electron chi connectivity index (χ1n) is 5.15. The number of nitrogens with zero attached hydrogens (tertiary/aromatic N) is 2. The third-order valence-corrected chi connectivity index (χ3v) is 2.73. The van der Waals surface area contributed by atoms with E-state index in [1.807, 2.05) is 0 Å². The number of fused-ring (bicyclic) bond motifs is 1. The number of hydrogen-bond acceptors (Lipinski definition) is 2. The molecular weight excluding hydrogens is 247 g/mol. The molecule has 0 aliphatic rings. The largest absolute Gasteiger partial charge is 0.417 e. The minimum absolute atomic E-state index is 0.0434. The van der Waals surface area contributed by atoms with Gasteiger partial charge in [0.2, 0.25) is 5.91 Å². The van der Waals surface area contributed by atoms with Gasteiger partial charge in [0.15, 0.2) is 0 Å². The zero-order valence-electron chi connectivity index (χ0n) is 9.40. The molecule has 0 saturated carbocycles. The van der Waals surface area contributed by atoms with E-state index in [0.717, 1.165) is 12.3 Å². The van der Waals surface area contributed by atoms with E-state index in [2.05, 4.69) is 5.10 Å². The number of primary amides is 1. The van der Waals surface area contributed by atoms with Crippen molar-refractivity contribution in [3.63, 3.8) is 0 Å². The molecule has 0 radical (unpaired) electrons. The highest BCUT2D eigenvalue weighted by atomic mass is 19.4. The first-order valence-corrected chi connectivity index (χ1v) is 5.15. The Balaban J connectivity index is 2.66. The Bertz CT molecular complexity index is 603. The van der Waals surface area contributed by atoms with Crippen LogP contribution in [0.25, 0.3) is 10.9 Å². The SMILES string of the molecule is CC(C(N)=O)n1ncc2c(C(F)(F)F)cccc21. The van der Waals surface area contributed by atoms with Crippen molar-refractivity contribution in [2.24, 2.45) is 5.73 Å². The van der Waals surface area contributed by atoms with Crippen LogP contribution < -0.4 is 5.73 Å². The summed E-state index contributed by atoms with van der Waals surface area (Å²) >= 11 is 0. The zero-order valence-corrected chi connectivity index (χ0v) is 9.40. The minimum Gasteiger partial charge on any atom is -0.368 e. The van der Waals surface area contributed by atoms with Gasteiger partial charge in [-0.3, -0.25) is 9.48 Å². The average Bonchev–Trinajstić information content (AvgIpc) is 2.69. The fourth-order valence-electron chi connectivity index (χ4n) is 1.75. The lowest BCUT2D eigenvalue weighted by Gasteiger charge is -2.11. The molecule has 1 unspecified atom stereocenters. The Morgan fingerprint density at radius 3 is 2.67 bits per heavy atom. The van der Waals surface area contributed by atoms with E-state index in [-0.39, 0.29) is 10.9 Å². The van der Waals surface area contributed by atoms with Crippen molar-refractivity contribution in [2.45, 2.75) is 19.1 Å². The molecule has 2 aromatic rings. The second-order valence-electron chi connectivity index (χ2n) is 3.90. The zero-order chi connectivity index (χ0) is 13.5. The van der Waals surface area contributed by atoms with E-state index in [4.69, 9.17) is 5.73 Å². The second-order valence-corrected chi connectivity index (χ2v) is 3.90. The van der Waals surface area contributed by atoms with Gasteiger partial charge in [0, 0.05) is 5.39 Å². The van der Waals surface area contributed by atoms with E-state index in [1.165, 1.54) is 23.7 Å². The summed E-state index contributed by atoms with van der Waals surface area (Å²) in [5.41, 5.74) is 4.58. The normalized spacial score (nSPS) is 13.8. The first-order chi connectivity index (χ1) is 8.32. The van der Waals surface area contributed by atoms with Crippen molar-refractivity contribution in [2.75, 3.05) is 0 Å². The number of benzene rings is 1. The molecule has 4 nitrogen and oxygen atoms in total. The summed E-state index contributed by atoms with van der Waals surface area (Å²) in [6, 6.07) is 2.92. The molecule has 0 spiro atoms. The van der Waals surface area contributed by atoms with Crippen molar-refractivity contribution in [1.29, 1.82) is 0 Å². The number of carbonyl (C=O) groups is 1. The Morgan fingerprint density at radius 1 is 1.44 bits per heavy atom. The van der Waals surface area contributed by atoms with Crippen molar-refractivity contribution in [3.8, 4) is 0 Å². The van der Waals surface area contributed by atoms with E-state index >= 15 is 0 Å². The van der Waals surface area contributed by atoms with Crippen LogP contribution in [-0.4, -0.2) is 15.7 Å². The van der Waals surface area contributed by atoms with Gasteiger partial charge in [0.05, 0.1) is 17.3 Å². The molecule has 1 aromatic carbocycles. The Morgan fingerprint density at radius 2 is 2.11 bits per heavy atom. The summed E-state index contributed by atoms with van der Waals surface area (Å²) in [5, 5.41) is 3.76. The molecule has 2 rings (SSSR count). The Kier molecular flexibility index (Phi) is 2.76. The van der Waals surface area contributed by atoms with Gasteiger partial charge >= 0.3 is 6.18 Å². The number of aromatic nitrogens is 2. The van der Waals surface area contributed by atoms with E-state index in [1.54, 1.807) is 0 Å². The van der Waals surface area contributed by atoms with Gasteiger partial charge in [-0.2, -0.15) is 18.3 Å². The van der Waals surface area contributed by atoms with E-state index in [0.29, 0.717) is 0 Å². The van der Waals surface area contributed by atoms with Crippen LogP contribution in [0, 0.1) is 0 Å². The van der Waals surface area contributed by atoms with Gasteiger partial charge in [-0.15, -0.1) is 0 Å². The molecule has 1 atom stereocenters. The second kappa shape index (κ2) is 4.01. The summed E-state index contributed by atoms with van der Waals surface area (Å²) in [4.78, 5) is 11.1. The third kappa shape index (κ3) is 1.92. The monoisotopic (exact) mass is 257 g/mol. The van der Waals surface area contributed by atoms with Gasteiger partial charge < -0.3 is 5.73 Å². The highest BCUT2D eigenvalue weighted by Crippen LogP contribution is 2.35. The fraction of sp³-hybridized carbons (Fsp3) is 0.273. The molecule has 1 heterocycles. The Hall–Kier alpha value is -2.05. The molecule has 7 heteroatoms. The standard InChI is InChI=1S/C11H10F3N3O/c1-6(10(15)18)17-9-4-2-3-8(11(12,13)14)7(9)5-16-17/h2-6H,1H3,(H2,15,18). The highest BCUT2D eigenvalue weighted by Gasteiger charge is 2.33. The molecule has 18 heavy (non-hydrogen) atoms. The molecular formula is C11H10F3N3O. The number of rotatable bonds is 2. The van der Waals surface area contributed by atoms with Crippen molar-refractivity contribution in [3.05, 3.63) is 30.0 Å². The maximum atomic E-state index is 12.8. The van der Waals surface area contributed by atoms with Crippen LogP contribution in [0.3, 0.4) is 0 Å². The van der Waals surface area contributed by atoms with Crippen LogP contribution in [0.2, 0.25) is 0 Å². The molecule has 0 bridgehead atoms. The van der Waals surface area contributed by atoms with Crippen LogP contribution in [0.1, 0.15) is 18.5 Å². The number of alkyl halides is 3. The topological polar surface area (TPSA) is 60.9 Å². The summed E-state index contributed by atoms with van der Waals surface area (Å²) < 4.78 is 39.5. The quantitative estimate of drug-likeness (QED) is 0.895. The van der Waals surface area contributed by atoms with Crippen LogP contribution in [0.4, 0.5) is 13.2 Å². The number of amides is 1. The molecule has 0 saturated heterocycles. The maximum absolute atomic E-state index is 12.8. The smallest absolute Gasteiger partial charge is 0.368 e. The molecule has 1 aromatic heterocycles. The molecule has 0 aliphatic heterocycles. The van der Waals surface area contributed by atoms with Crippen LogP contribution in [0.15, 0.2) is 24.4 Å². The molecule has 2 N–H and O–H groups in total. The van der Waals surface area contributed by atoms with Crippen LogP contribution in [0.5, 0.6) is 0 Å². The lowest BCUT2D eigenvalue weighted by Crippen LogP contribution is -2.24. The van der Waals surface area contributed by atoms with Gasteiger partial charge in [0.1, 0.15) is 6.04 Å². The summed E-state index contributed by atoms with van der Waals surface area (Å²) in [6.07, 6.45) is -3.36. The average molecular weight is 257 g/mol. The predicted molar refractivity (Wildman–Crippen MR) is 58.6 cm³/mol. The van der Waals surface area contributed by atoms with Crippen LogP contribution in [-0.2, 0) is 11.0 Å². The fourth-order valence-corrected chi connectivity index (χ4v) is 1.75. The lowest BCUT2D eigenvalue weighted by atomic mass is 10.1. The number of nitrogens with two attached hydrogens (primary N) is 1. The number of carbonyl (C=O) groups excluding carboxylic acids is 1. The molecule has 0 fully saturated rings. The number of halogens is 3. The summed E-state index contributed by atoms with van der Waals surface area (Å²) in [5.74, 6) is -0.655. The van der Waals surface area contributed by atoms with Gasteiger partial charge in [-0.1, -0.05) is 6.07 Å². The maximum Gasteiger partial charge on any atom is 0.417 e. The van der Waals surface area contributed by atoms with Crippen molar-refractivity contribution < 1.29 is 18.0 Å². The third-order valence-electron chi connectivity index (χ3n) is 2.73. The molecule has 1 amide bonds. The molecule has 0 aliphatic carbocycles. The summed E-state index contributed by atoms with van der Waals surface area (Å²) in [6.45, 7) is 1.48. The van der Waals surface area contributed by atoms with E-state index < -0.39 is 23.7 Å². The van der Waals surface area contributed by atoms with E-state index in [9.17, 15) is 18.0 Å². The summed E-state index contributed by atoms with van der Waals surface area (Å²) in [7, 11) is 0. The van der Waals surface area contributed by atoms with Gasteiger partial charge in [-0.05, 0) is 19.1 Å². The van der Waals surface area contributed by atoms with Gasteiger partial charge in [0.25, 0.3) is 0 Å². The predicted octanol–water partition coefficient (Wildman–Crippen LogP) is 2.10. The minimum atomic E-state index is -4.46. The van der Waals surface area contributed by atoms with Crippen molar-refractivity contribution >= 4 is 16.8 Å². The molecule has 96 valence electrons. The van der Waals surface area contributed by atoms with Gasteiger partial charge in [-0.25, -0.2) is 0 Å². The first kappa shape index (κ1) is 12.4. The lowest BCUT2D eigenvalue weighted by molar-refractivity contribution is -0.136. The number of hydrogen-bond donors (Lipinski definition) is 1. The van der Waals surface area contributed by atoms with Crippen molar-refractivity contribution in [1.82, 2.24) is 9.78 Å². The van der Waals surface area contributed by atoms with Crippen LogP contribution >= 0.6 is 0 Å². The Labute approximate surface area is 100 Å².